The van der Waals surface area contributed by atoms with Gasteiger partial charge in [0.05, 0.1) is 19.8 Å². The van der Waals surface area contributed by atoms with E-state index in [-0.39, 0.29) is 19.2 Å². The molecule has 1 saturated heterocycles. The lowest BCUT2D eigenvalue weighted by atomic mass is 9.99. The Kier molecular flexibility index (Phi) is 43.5. The van der Waals surface area contributed by atoms with Gasteiger partial charge in [0.15, 0.2) is 6.29 Å². The number of esters is 1. The molecular formula is C55H100O9. The van der Waals surface area contributed by atoms with Gasteiger partial charge in [-0.3, -0.25) is 4.79 Å². The Morgan fingerprint density at radius 1 is 0.500 bits per heavy atom. The van der Waals surface area contributed by atoms with Crippen LogP contribution in [0.1, 0.15) is 232 Å². The number of carbonyl (C=O) groups excluding carboxylic acids is 1. The van der Waals surface area contributed by atoms with Gasteiger partial charge in [0.25, 0.3) is 0 Å². The molecule has 0 spiro atoms. The van der Waals surface area contributed by atoms with E-state index in [0.717, 1.165) is 51.4 Å². The number of unbranched alkanes of at least 4 members (excludes halogenated alkanes) is 27. The molecule has 0 aromatic carbocycles. The molecule has 9 heteroatoms. The van der Waals surface area contributed by atoms with Gasteiger partial charge in [-0.15, -0.1) is 0 Å². The third-order valence-electron chi connectivity index (χ3n) is 12.2. The second-order valence-corrected chi connectivity index (χ2v) is 18.3. The summed E-state index contributed by atoms with van der Waals surface area (Å²) in [5.74, 6) is -0.318. The van der Waals surface area contributed by atoms with Crippen LogP contribution in [0, 0.1) is 0 Å². The smallest absolute Gasteiger partial charge is 0.306 e. The lowest BCUT2D eigenvalue weighted by Gasteiger charge is -2.39. The Morgan fingerprint density at radius 3 is 1.38 bits per heavy atom. The zero-order valence-electron chi connectivity index (χ0n) is 41.3. The number of aliphatic hydroxyl groups excluding tert-OH is 4. The molecule has 0 aromatic rings. The third-order valence-corrected chi connectivity index (χ3v) is 12.2. The molecule has 6 atom stereocenters. The number of allylic oxidation sites excluding steroid dienone is 8. The summed E-state index contributed by atoms with van der Waals surface area (Å²) in [5.41, 5.74) is 0. The molecule has 1 aliphatic heterocycles. The van der Waals surface area contributed by atoms with Crippen LogP contribution in [-0.2, 0) is 23.7 Å². The van der Waals surface area contributed by atoms with Crippen molar-refractivity contribution in [2.75, 3.05) is 26.4 Å². The minimum atomic E-state index is -1.54. The lowest BCUT2D eigenvalue weighted by Crippen LogP contribution is -2.59. The van der Waals surface area contributed by atoms with Crippen molar-refractivity contribution in [1.82, 2.24) is 0 Å². The molecule has 1 rings (SSSR count). The number of hydrogen-bond donors (Lipinski definition) is 4. The Labute approximate surface area is 392 Å². The Morgan fingerprint density at radius 2 is 0.906 bits per heavy atom. The van der Waals surface area contributed by atoms with Gasteiger partial charge in [-0.05, 0) is 77.0 Å². The quantitative estimate of drug-likeness (QED) is 0.0267. The van der Waals surface area contributed by atoms with E-state index in [1.165, 1.54) is 161 Å². The molecule has 9 nitrogen and oxygen atoms in total. The van der Waals surface area contributed by atoms with E-state index >= 15 is 0 Å². The number of hydrogen-bond acceptors (Lipinski definition) is 9. The summed E-state index contributed by atoms with van der Waals surface area (Å²) < 4.78 is 22.9. The van der Waals surface area contributed by atoms with Gasteiger partial charge in [0, 0.05) is 13.0 Å². The Hall–Kier alpha value is -1.85. The summed E-state index contributed by atoms with van der Waals surface area (Å²) in [7, 11) is 0. The van der Waals surface area contributed by atoms with E-state index in [0.29, 0.717) is 13.0 Å². The molecule has 0 aliphatic carbocycles. The second-order valence-electron chi connectivity index (χ2n) is 18.3. The van der Waals surface area contributed by atoms with Crippen LogP contribution in [0.3, 0.4) is 0 Å². The maximum Gasteiger partial charge on any atom is 0.306 e. The van der Waals surface area contributed by atoms with Crippen molar-refractivity contribution in [3.8, 4) is 0 Å². The molecular weight excluding hydrogens is 805 g/mol. The third kappa shape index (κ3) is 36.3. The van der Waals surface area contributed by atoms with Crippen LogP contribution in [0.2, 0.25) is 0 Å². The van der Waals surface area contributed by atoms with E-state index in [1.54, 1.807) is 0 Å². The highest BCUT2D eigenvalue weighted by atomic mass is 16.7. The summed E-state index contributed by atoms with van der Waals surface area (Å²) in [6.07, 6.45) is 51.4. The predicted octanol–water partition coefficient (Wildman–Crippen LogP) is 13.3. The topological polar surface area (TPSA) is 135 Å². The van der Waals surface area contributed by atoms with Crippen LogP contribution in [0.5, 0.6) is 0 Å². The normalized spacial score (nSPS) is 19.9. The predicted molar refractivity (Wildman–Crippen MR) is 265 cm³/mol. The van der Waals surface area contributed by atoms with Crippen molar-refractivity contribution in [3.63, 3.8) is 0 Å². The molecule has 0 bridgehead atoms. The van der Waals surface area contributed by atoms with E-state index in [9.17, 15) is 25.2 Å². The van der Waals surface area contributed by atoms with Gasteiger partial charge in [0.2, 0.25) is 0 Å². The van der Waals surface area contributed by atoms with Gasteiger partial charge < -0.3 is 39.4 Å². The first kappa shape index (κ1) is 60.2. The van der Waals surface area contributed by atoms with Crippen molar-refractivity contribution in [1.29, 1.82) is 0 Å². The van der Waals surface area contributed by atoms with E-state index in [2.05, 4.69) is 62.5 Å². The first-order valence-electron chi connectivity index (χ1n) is 26.7. The fraction of sp³-hybridized carbons (Fsp3) is 0.836. The lowest BCUT2D eigenvalue weighted by molar-refractivity contribution is -0.305. The minimum Gasteiger partial charge on any atom is -0.457 e. The van der Waals surface area contributed by atoms with Gasteiger partial charge in [0.1, 0.15) is 30.5 Å². The molecule has 0 aromatic heterocycles. The van der Waals surface area contributed by atoms with Crippen molar-refractivity contribution >= 4 is 5.97 Å². The van der Waals surface area contributed by atoms with E-state index in [1.807, 2.05) is 0 Å². The molecule has 0 saturated carbocycles. The molecule has 1 fully saturated rings. The molecule has 374 valence electrons. The summed E-state index contributed by atoms with van der Waals surface area (Å²) in [5, 5.41) is 40.3. The Bertz CT molecular complexity index is 1120. The highest BCUT2D eigenvalue weighted by Gasteiger charge is 2.44. The first-order chi connectivity index (χ1) is 31.4. The molecule has 6 unspecified atom stereocenters. The molecule has 1 heterocycles. The first-order valence-corrected chi connectivity index (χ1v) is 26.7. The van der Waals surface area contributed by atoms with Crippen molar-refractivity contribution < 1.29 is 44.2 Å². The number of carbonyl (C=O) groups is 1. The van der Waals surface area contributed by atoms with Crippen LogP contribution < -0.4 is 0 Å². The van der Waals surface area contributed by atoms with Crippen molar-refractivity contribution in [3.05, 3.63) is 48.6 Å². The average molecular weight is 905 g/mol. The molecule has 1 aliphatic rings. The van der Waals surface area contributed by atoms with Crippen LogP contribution >= 0.6 is 0 Å². The van der Waals surface area contributed by atoms with E-state index in [4.69, 9.17) is 18.9 Å². The fourth-order valence-corrected chi connectivity index (χ4v) is 8.02. The standard InChI is InChI=1S/C55H100O9/c1-3-5-7-9-11-13-15-17-19-21-22-23-24-25-26-27-28-29-30-32-34-36-38-40-42-44-51(57)63-49(48-62-55-54(60)53(59)52(58)50(46-56)64-55)47-61-45-43-41-39-37-35-33-31-20-18-16-14-12-10-8-6-4-2/h15,17-18,20-22,24-25,49-50,52-56,58-60H,3-14,16,19,23,26-48H2,1-2H3/b17-15-,20-18-,22-21-,25-24-. The number of ether oxygens (including phenoxy) is 4. The Balaban J connectivity index is 2.18. The molecule has 0 radical (unpaired) electrons. The van der Waals surface area contributed by atoms with Crippen molar-refractivity contribution in [2.24, 2.45) is 0 Å². The summed E-state index contributed by atoms with van der Waals surface area (Å²) in [6, 6.07) is 0. The zero-order chi connectivity index (χ0) is 46.4. The van der Waals surface area contributed by atoms with Crippen LogP contribution in [-0.4, -0.2) is 89.6 Å². The van der Waals surface area contributed by atoms with Crippen LogP contribution in [0.25, 0.3) is 0 Å². The summed E-state index contributed by atoms with van der Waals surface area (Å²) in [4.78, 5) is 12.9. The van der Waals surface area contributed by atoms with Gasteiger partial charge in [-0.25, -0.2) is 0 Å². The van der Waals surface area contributed by atoms with Crippen LogP contribution in [0.15, 0.2) is 48.6 Å². The molecule has 0 amide bonds. The monoisotopic (exact) mass is 905 g/mol. The largest absolute Gasteiger partial charge is 0.457 e. The van der Waals surface area contributed by atoms with Gasteiger partial charge in [-0.1, -0.05) is 197 Å². The van der Waals surface area contributed by atoms with Crippen molar-refractivity contribution in [2.45, 2.75) is 269 Å². The summed E-state index contributed by atoms with van der Waals surface area (Å²) >= 11 is 0. The van der Waals surface area contributed by atoms with Gasteiger partial charge in [-0.2, -0.15) is 0 Å². The minimum absolute atomic E-state index is 0.117. The number of rotatable bonds is 46. The number of aliphatic hydroxyl groups is 4. The highest BCUT2D eigenvalue weighted by molar-refractivity contribution is 5.69. The highest BCUT2D eigenvalue weighted by Crippen LogP contribution is 2.23. The molecule has 4 N–H and O–H groups in total. The maximum absolute atomic E-state index is 12.9. The second kappa shape index (κ2) is 46.3. The SMILES string of the molecule is CCCCCCC/C=C\C/C=C\C/C=C\CCCCCCCCCCCCC(=O)OC(COCCCCCCCC/C=C\CCCCCCCC)COC1OC(CO)C(O)C(O)C1O. The zero-order valence-corrected chi connectivity index (χ0v) is 41.3. The fourth-order valence-electron chi connectivity index (χ4n) is 8.02. The summed E-state index contributed by atoms with van der Waals surface area (Å²) in [6.45, 7) is 4.55. The molecule has 64 heavy (non-hydrogen) atoms. The van der Waals surface area contributed by atoms with Gasteiger partial charge >= 0.3 is 5.97 Å². The van der Waals surface area contributed by atoms with E-state index < -0.39 is 43.4 Å². The maximum atomic E-state index is 12.9. The average Bonchev–Trinajstić information content (AvgIpc) is 3.30. The van der Waals surface area contributed by atoms with Crippen LogP contribution in [0.4, 0.5) is 0 Å².